The van der Waals surface area contributed by atoms with Crippen molar-refractivity contribution in [1.82, 2.24) is 4.57 Å². The van der Waals surface area contributed by atoms with Crippen LogP contribution >= 0.6 is 15.9 Å². The van der Waals surface area contributed by atoms with Crippen LogP contribution in [-0.4, -0.2) is 15.3 Å². The summed E-state index contributed by atoms with van der Waals surface area (Å²) in [6, 6.07) is 8.30. The Morgan fingerprint density at radius 3 is 2.15 bits per heavy atom. The Balaban J connectivity index is 0.000000829. The van der Waals surface area contributed by atoms with Crippen LogP contribution in [0.1, 0.15) is 54.5 Å². The second kappa shape index (κ2) is 8.48. The van der Waals surface area contributed by atoms with E-state index in [-0.39, 0.29) is 6.04 Å². The highest BCUT2D eigenvalue weighted by molar-refractivity contribution is 9.10. The molecule has 114 valence electrons. The minimum absolute atomic E-state index is 0.0474. The molecule has 0 bridgehead atoms. The molecule has 1 unspecified atom stereocenters. The van der Waals surface area contributed by atoms with Gasteiger partial charge in [-0.15, -0.1) is 0 Å². The maximum Gasteiger partial charge on any atom is 0.0795 e. The lowest BCUT2D eigenvalue weighted by Gasteiger charge is -2.28. The summed E-state index contributed by atoms with van der Waals surface area (Å²) >= 11 is 3.46. The third kappa shape index (κ3) is 4.64. The Bertz CT molecular complexity index is 511. The molecule has 0 aliphatic rings. The minimum atomic E-state index is -0.723. The van der Waals surface area contributed by atoms with E-state index in [0.717, 1.165) is 9.99 Å². The molecule has 0 amide bonds. The van der Waals surface area contributed by atoms with Crippen molar-refractivity contribution in [3.8, 4) is 0 Å². The molecular formula is C17H28BrNO. The molecule has 2 aromatic rings. The van der Waals surface area contributed by atoms with Gasteiger partial charge in [-0.1, -0.05) is 43.6 Å². The van der Waals surface area contributed by atoms with Crippen LogP contribution in [-0.2, 0) is 0 Å². The van der Waals surface area contributed by atoms with Gasteiger partial charge in [-0.3, -0.25) is 0 Å². The predicted molar refractivity (Wildman–Crippen MR) is 93.3 cm³/mol. The van der Waals surface area contributed by atoms with Crippen molar-refractivity contribution < 1.29 is 5.11 Å². The molecule has 0 fully saturated rings. The molecule has 0 spiro atoms. The lowest BCUT2D eigenvalue weighted by molar-refractivity contribution is 0.0322. The van der Waals surface area contributed by atoms with E-state index in [1.54, 1.807) is 0 Å². The lowest BCUT2D eigenvalue weighted by atomic mass is 10.0. The average molecular weight is 342 g/mol. The van der Waals surface area contributed by atoms with Crippen molar-refractivity contribution in [2.24, 2.45) is 0 Å². The number of hydrogen-bond acceptors (Lipinski definition) is 1. The fourth-order valence-corrected chi connectivity index (χ4v) is 2.19. The Morgan fingerprint density at radius 1 is 1.10 bits per heavy atom. The molecule has 1 N–H and O–H groups in total. The quantitative estimate of drug-likeness (QED) is 0.734. The van der Waals surface area contributed by atoms with Crippen molar-refractivity contribution >= 4 is 26.8 Å². The highest BCUT2D eigenvalue weighted by atomic mass is 79.9. The van der Waals surface area contributed by atoms with Gasteiger partial charge in [-0.2, -0.15) is 0 Å². The first-order chi connectivity index (χ1) is 9.39. The van der Waals surface area contributed by atoms with Crippen LogP contribution in [0.15, 0.2) is 34.9 Å². The number of hydrogen-bond donors (Lipinski definition) is 1. The van der Waals surface area contributed by atoms with Gasteiger partial charge in [0.1, 0.15) is 0 Å². The van der Waals surface area contributed by atoms with Gasteiger partial charge < -0.3 is 9.67 Å². The van der Waals surface area contributed by atoms with E-state index in [1.165, 1.54) is 5.39 Å². The van der Waals surface area contributed by atoms with Gasteiger partial charge in [-0.25, -0.2) is 0 Å². The summed E-state index contributed by atoms with van der Waals surface area (Å²) in [4.78, 5) is 0. The molecular weight excluding hydrogens is 314 g/mol. The summed E-state index contributed by atoms with van der Waals surface area (Å²) in [6.45, 7) is 13.7. The van der Waals surface area contributed by atoms with E-state index in [2.05, 4.69) is 38.7 Å². The largest absolute Gasteiger partial charge is 0.388 e. The minimum Gasteiger partial charge on any atom is -0.388 e. The zero-order valence-electron chi connectivity index (χ0n) is 13.7. The molecule has 20 heavy (non-hydrogen) atoms. The fourth-order valence-electron chi connectivity index (χ4n) is 1.81. The van der Waals surface area contributed by atoms with Gasteiger partial charge in [-0.05, 0) is 45.0 Å². The zero-order valence-corrected chi connectivity index (χ0v) is 15.3. The normalized spacial score (nSPS) is 12.1. The molecule has 1 aromatic carbocycles. The number of nitrogens with zero attached hydrogens (tertiary/aromatic N) is 1. The molecule has 3 heteroatoms. The van der Waals surface area contributed by atoms with E-state index in [1.807, 2.05) is 60.7 Å². The van der Waals surface area contributed by atoms with Crippen LogP contribution in [0.5, 0.6) is 0 Å². The number of fused-ring (bicyclic) bond motifs is 1. The molecule has 1 atom stereocenters. The Kier molecular flexibility index (Phi) is 8.14. The molecule has 1 heterocycles. The monoisotopic (exact) mass is 341 g/mol. The third-order valence-electron chi connectivity index (χ3n) is 3.12. The molecule has 0 aliphatic carbocycles. The van der Waals surface area contributed by atoms with Crippen LogP contribution in [0.4, 0.5) is 0 Å². The summed E-state index contributed by atoms with van der Waals surface area (Å²) in [5, 5.41) is 11.2. The van der Waals surface area contributed by atoms with E-state index < -0.39 is 5.60 Å². The van der Waals surface area contributed by atoms with Gasteiger partial charge in [0.25, 0.3) is 0 Å². The predicted octanol–water partition coefficient (Wildman–Crippen LogP) is 5.79. The third-order valence-corrected chi connectivity index (χ3v) is 3.62. The summed E-state index contributed by atoms with van der Waals surface area (Å²) in [6.07, 6.45) is 2.03. The SMILES string of the molecule is CC.CC.CC(n1ccc2cc(Br)ccc21)C(C)(C)O. The second-order valence-electron chi connectivity index (χ2n) is 4.76. The smallest absolute Gasteiger partial charge is 0.0795 e. The Hall–Kier alpha value is -0.800. The van der Waals surface area contributed by atoms with Gasteiger partial charge in [0.05, 0.1) is 11.6 Å². The van der Waals surface area contributed by atoms with Crippen LogP contribution in [0.3, 0.4) is 0 Å². The van der Waals surface area contributed by atoms with Crippen molar-refractivity contribution in [3.63, 3.8) is 0 Å². The van der Waals surface area contributed by atoms with Gasteiger partial charge in [0.15, 0.2) is 0 Å². The number of halogens is 1. The molecule has 2 rings (SSSR count). The van der Waals surface area contributed by atoms with Crippen molar-refractivity contribution in [1.29, 1.82) is 0 Å². The highest BCUT2D eigenvalue weighted by Gasteiger charge is 2.24. The summed E-state index contributed by atoms with van der Waals surface area (Å²) in [7, 11) is 0. The average Bonchev–Trinajstić information content (AvgIpc) is 2.84. The zero-order chi connectivity index (χ0) is 15.9. The first-order valence-electron chi connectivity index (χ1n) is 7.38. The van der Waals surface area contributed by atoms with Crippen LogP contribution < -0.4 is 0 Å². The highest BCUT2D eigenvalue weighted by Crippen LogP contribution is 2.28. The molecule has 0 radical (unpaired) electrons. The molecule has 1 aromatic heterocycles. The van der Waals surface area contributed by atoms with E-state index in [4.69, 9.17) is 0 Å². The Morgan fingerprint density at radius 2 is 1.65 bits per heavy atom. The van der Waals surface area contributed by atoms with E-state index >= 15 is 0 Å². The molecule has 0 saturated carbocycles. The maximum atomic E-state index is 10.0. The lowest BCUT2D eigenvalue weighted by Crippen LogP contribution is -2.30. The number of rotatable bonds is 2. The topological polar surface area (TPSA) is 25.2 Å². The molecule has 2 nitrogen and oxygen atoms in total. The summed E-state index contributed by atoms with van der Waals surface area (Å²) in [5.41, 5.74) is 0.428. The summed E-state index contributed by atoms with van der Waals surface area (Å²) < 4.78 is 3.19. The van der Waals surface area contributed by atoms with Crippen molar-refractivity contribution in [3.05, 3.63) is 34.9 Å². The van der Waals surface area contributed by atoms with Crippen LogP contribution in [0.25, 0.3) is 10.9 Å². The van der Waals surface area contributed by atoms with Crippen molar-refractivity contribution in [2.45, 2.75) is 60.1 Å². The van der Waals surface area contributed by atoms with E-state index in [9.17, 15) is 5.11 Å². The number of aliphatic hydroxyl groups is 1. The first kappa shape index (κ1) is 19.2. The summed E-state index contributed by atoms with van der Waals surface area (Å²) in [5.74, 6) is 0. The Labute approximate surface area is 131 Å². The van der Waals surface area contributed by atoms with Gasteiger partial charge in [0, 0.05) is 21.6 Å². The number of benzene rings is 1. The molecule has 0 aliphatic heterocycles. The first-order valence-corrected chi connectivity index (χ1v) is 8.17. The second-order valence-corrected chi connectivity index (χ2v) is 5.67. The number of aromatic nitrogens is 1. The molecule has 0 saturated heterocycles. The van der Waals surface area contributed by atoms with Crippen LogP contribution in [0, 0.1) is 0 Å². The van der Waals surface area contributed by atoms with Crippen molar-refractivity contribution in [2.75, 3.05) is 0 Å². The van der Waals surface area contributed by atoms with Gasteiger partial charge >= 0.3 is 0 Å². The van der Waals surface area contributed by atoms with Crippen LogP contribution in [0.2, 0.25) is 0 Å². The maximum absolute atomic E-state index is 10.0. The standard InChI is InChI=1S/C13H16BrNO.2C2H6/c1-9(13(2,3)16)15-7-6-10-8-11(14)4-5-12(10)15;2*1-2/h4-9,16H,1-3H3;2*1-2H3. The van der Waals surface area contributed by atoms with E-state index in [0.29, 0.717) is 0 Å². The fraction of sp³-hybridized carbons (Fsp3) is 0.529. The van der Waals surface area contributed by atoms with Gasteiger partial charge in [0.2, 0.25) is 0 Å².